The first-order chi connectivity index (χ1) is 15.3. The smallest absolute Gasteiger partial charge is 0.333 e. The van der Waals surface area contributed by atoms with Crippen LogP contribution in [0.2, 0.25) is 0 Å². The van der Waals surface area contributed by atoms with Gasteiger partial charge in [0, 0.05) is 17.5 Å². The normalized spacial score (nSPS) is 11.8. The number of Topliss-reactive ketones (excluding diaryl/α,β-unsaturated/α-hetero) is 1. The Morgan fingerprint density at radius 1 is 1.19 bits per heavy atom. The lowest BCUT2D eigenvalue weighted by Crippen LogP contribution is -2.31. The van der Waals surface area contributed by atoms with E-state index >= 15 is 0 Å². The SMILES string of the molecule is C=CCc1ccc(OCC(O)Cn2cc(C)n(-c3ccc(C(C)=O)cc3)c2=O)c(OC)c1. The van der Waals surface area contributed by atoms with Gasteiger partial charge in [-0.15, -0.1) is 6.58 Å². The van der Waals surface area contributed by atoms with Crippen molar-refractivity contribution < 1.29 is 19.4 Å². The average molecular weight is 437 g/mol. The van der Waals surface area contributed by atoms with Gasteiger partial charge in [0.15, 0.2) is 17.3 Å². The maximum atomic E-state index is 12.9. The van der Waals surface area contributed by atoms with Crippen molar-refractivity contribution in [3.05, 3.63) is 88.6 Å². The number of hydrogen-bond donors (Lipinski definition) is 1. The van der Waals surface area contributed by atoms with E-state index in [0.717, 1.165) is 17.7 Å². The number of carbonyl (C=O) groups excluding carboxylic acids is 1. The maximum Gasteiger partial charge on any atom is 0.333 e. The van der Waals surface area contributed by atoms with Crippen molar-refractivity contribution in [3.63, 3.8) is 0 Å². The number of benzene rings is 2. The van der Waals surface area contributed by atoms with Gasteiger partial charge in [-0.25, -0.2) is 4.79 Å². The number of methoxy groups -OCH3 is 1. The quantitative estimate of drug-likeness (QED) is 0.389. The molecule has 1 atom stereocenters. The fourth-order valence-electron chi connectivity index (χ4n) is 3.50. The van der Waals surface area contributed by atoms with Crippen molar-refractivity contribution >= 4 is 5.78 Å². The van der Waals surface area contributed by atoms with Crippen molar-refractivity contribution in [3.8, 4) is 17.2 Å². The highest BCUT2D eigenvalue weighted by molar-refractivity contribution is 5.94. The van der Waals surface area contributed by atoms with Crippen molar-refractivity contribution in [2.45, 2.75) is 32.9 Å². The highest BCUT2D eigenvalue weighted by Crippen LogP contribution is 2.28. The molecule has 0 bridgehead atoms. The van der Waals surface area contributed by atoms with Crippen LogP contribution in [0.5, 0.6) is 11.5 Å². The lowest BCUT2D eigenvalue weighted by atomic mass is 10.1. The van der Waals surface area contributed by atoms with Crippen LogP contribution >= 0.6 is 0 Å². The molecular weight excluding hydrogens is 408 g/mol. The molecule has 0 radical (unpaired) electrons. The van der Waals surface area contributed by atoms with Gasteiger partial charge in [-0.05, 0) is 62.2 Å². The predicted octanol–water partition coefficient (Wildman–Crippen LogP) is 3.33. The number of hydrogen-bond acceptors (Lipinski definition) is 5. The second-order valence-corrected chi connectivity index (χ2v) is 7.59. The zero-order valence-electron chi connectivity index (χ0n) is 18.6. The van der Waals surface area contributed by atoms with E-state index in [9.17, 15) is 14.7 Å². The molecule has 0 aliphatic carbocycles. The fourth-order valence-corrected chi connectivity index (χ4v) is 3.50. The largest absolute Gasteiger partial charge is 0.493 e. The Balaban J connectivity index is 1.70. The van der Waals surface area contributed by atoms with Crippen LogP contribution in [0.3, 0.4) is 0 Å². The molecule has 0 spiro atoms. The molecular formula is C25H28N2O5. The number of carbonyl (C=O) groups is 1. The summed E-state index contributed by atoms with van der Waals surface area (Å²) in [5, 5.41) is 10.5. The Morgan fingerprint density at radius 2 is 1.91 bits per heavy atom. The minimum atomic E-state index is -0.902. The third kappa shape index (κ3) is 5.18. The van der Waals surface area contributed by atoms with Gasteiger partial charge in [0.1, 0.15) is 12.7 Å². The highest BCUT2D eigenvalue weighted by Gasteiger charge is 2.15. The molecule has 168 valence electrons. The molecule has 0 fully saturated rings. The highest BCUT2D eigenvalue weighted by atomic mass is 16.5. The molecule has 0 saturated heterocycles. The first-order valence-electron chi connectivity index (χ1n) is 10.3. The second kappa shape index (κ2) is 10.2. The number of aliphatic hydroxyl groups excluding tert-OH is 1. The molecule has 0 aliphatic heterocycles. The molecule has 1 unspecified atom stereocenters. The van der Waals surface area contributed by atoms with E-state index in [1.54, 1.807) is 48.2 Å². The number of aliphatic hydroxyl groups is 1. The maximum absolute atomic E-state index is 12.9. The van der Waals surface area contributed by atoms with E-state index in [1.165, 1.54) is 11.5 Å². The summed E-state index contributed by atoms with van der Waals surface area (Å²) < 4.78 is 14.1. The van der Waals surface area contributed by atoms with Crippen molar-refractivity contribution in [2.24, 2.45) is 0 Å². The topological polar surface area (TPSA) is 82.7 Å². The van der Waals surface area contributed by atoms with Crippen LogP contribution in [0.15, 0.2) is 66.1 Å². The van der Waals surface area contributed by atoms with Crippen LogP contribution in [-0.4, -0.2) is 39.8 Å². The second-order valence-electron chi connectivity index (χ2n) is 7.59. The van der Waals surface area contributed by atoms with Crippen LogP contribution in [0.1, 0.15) is 28.5 Å². The summed E-state index contributed by atoms with van der Waals surface area (Å²) in [7, 11) is 1.56. The van der Waals surface area contributed by atoms with Gasteiger partial charge in [0.25, 0.3) is 0 Å². The lowest BCUT2D eigenvalue weighted by molar-refractivity contribution is 0.0901. The Kier molecular flexibility index (Phi) is 7.33. The van der Waals surface area contributed by atoms with E-state index in [1.807, 2.05) is 25.1 Å². The first-order valence-corrected chi connectivity index (χ1v) is 10.3. The monoisotopic (exact) mass is 436 g/mol. The molecule has 3 aromatic rings. The van der Waals surface area contributed by atoms with Gasteiger partial charge in [0.05, 0.1) is 19.3 Å². The van der Waals surface area contributed by atoms with Gasteiger partial charge in [-0.2, -0.15) is 0 Å². The molecule has 3 rings (SSSR count). The Bertz CT molecular complexity index is 1160. The molecule has 1 aromatic heterocycles. The first kappa shape index (κ1) is 23.1. The van der Waals surface area contributed by atoms with Crippen LogP contribution in [0.4, 0.5) is 0 Å². The third-order valence-corrected chi connectivity index (χ3v) is 5.11. The zero-order valence-corrected chi connectivity index (χ0v) is 18.6. The average Bonchev–Trinajstić information content (AvgIpc) is 3.05. The summed E-state index contributed by atoms with van der Waals surface area (Å²) in [5.41, 5.74) is 2.73. The number of rotatable bonds is 10. The summed E-state index contributed by atoms with van der Waals surface area (Å²) in [6.45, 7) is 7.12. The molecule has 0 amide bonds. The molecule has 32 heavy (non-hydrogen) atoms. The summed E-state index contributed by atoms with van der Waals surface area (Å²) >= 11 is 0. The van der Waals surface area contributed by atoms with Gasteiger partial charge < -0.3 is 14.6 Å². The number of aromatic nitrogens is 2. The third-order valence-electron chi connectivity index (χ3n) is 5.11. The van der Waals surface area contributed by atoms with Crippen LogP contribution in [0.25, 0.3) is 5.69 Å². The van der Waals surface area contributed by atoms with E-state index < -0.39 is 6.10 Å². The van der Waals surface area contributed by atoms with Crippen LogP contribution < -0.4 is 15.2 Å². The summed E-state index contributed by atoms with van der Waals surface area (Å²) in [6, 6.07) is 12.4. The van der Waals surface area contributed by atoms with E-state index in [4.69, 9.17) is 9.47 Å². The molecule has 7 nitrogen and oxygen atoms in total. The summed E-state index contributed by atoms with van der Waals surface area (Å²) in [4.78, 5) is 24.4. The Morgan fingerprint density at radius 3 is 2.53 bits per heavy atom. The van der Waals surface area contributed by atoms with Gasteiger partial charge in [-0.1, -0.05) is 12.1 Å². The van der Waals surface area contributed by atoms with E-state index in [2.05, 4.69) is 6.58 Å². The van der Waals surface area contributed by atoms with Gasteiger partial charge >= 0.3 is 5.69 Å². The number of ether oxygens (including phenoxy) is 2. The van der Waals surface area contributed by atoms with E-state index in [-0.39, 0.29) is 24.6 Å². The summed E-state index contributed by atoms with van der Waals surface area (Å²) in [5.74, 6) is 1.06. The number of allylic oxidation sites excluding steroid dienone is 1. The molecule has 1 heterocycles. The number of nitrogens with zero attached hydrogens (tertiary/aromatic N) is 2. The number of imidazole rings is 1. The van der Waals surface area contributed by atoms with Crippen molar-refractivity contribution in [1.82, 2.24) is 9.13 Å². The molecule has 2 aromatic carbocycles. The fraction of sp³-hybridized carbons (Fsp3) is 0.280. The minimum Gasteiger partial charge on any atom is -0.493 e. The van der Waals surface area contributed by atoms with Crippen molar-refractivity contribution in [2.75, 3.05) is 13.7 Å². The van der Waals surface area contributed by atoms with Crippen LogP contribution in [0, 0.1) is 6.92 Å². The number of ketones is 1. The molecule has 1 N–H and O–H groups in total. The van der Waals surface area contributed by atoms with Crippen molar-refractivity contribution in [1.29, 1.82) is 0 Å². The molecule has 0 aliphatic rings. The van der Waals surface area contributed by atoms with Gasteiger partial charge in [-0.3, -0.25) is 13.9 Å². The minimum absolute atomic E-state index is 0.00113. The predicted molar refractivity (Wildman–Crippen MR) is 123 cm³/mol. The summed E-state index contributed by atoms with van der Waals surface area (Å²) in [6.07, 6.45) is 3.31. The number of aryl methyl sites for hydroxylation is 1. The Labute approximate surface area is 187 Å². The molecule has 0 saturated carbocycles. The van der Waals surface area contributed by atoms with E-state index in [0.29, 0.717) is 22.7 Å². The lowest BCUT2D eigenvalue weighted by Gasteiger charge is -2.15. The zero-order chi connectivity index (χ0) is 23.3. The standard InChI is InChI=1S/C25H28N2O5/c1-5-6-19-7-12-23(24(13-19)31-4)32-16-22(29)15-26-14-17(2)27(25(26)30)21-10-8-20(9-11-21)18(3)28/h5,7-14,22,29H,1,6,15-16H2,2-4H3. The molecule has 7 heteroatoms. The van der Waals surface area contributed by atoms with Gasteiger partial charge in [0.2, 0.25) is 0 Å². The van der Waals surface area contributed by atoms with Crippen LogP contribution in [-0.2, 0) is 13.0 Å². The Hall–Kier alpha value is -3.58.